The van der Waals surface area contributed by atoms with Crippen molar-refractivity contribution in [3.63, 3.8) is 0 Å². The lowest BCUT2D eigenvalue weighted by atomic mass is 10.0. The van der Waals surface area contributed by atoms with E-state index < -0.39 is 16.7 Å². The molecule has 0 atom stereocenters. The highest BCUT2D eigenvalue weighted by molar-refractivity contribution is 6.15. The van der Waals surface area contributed by atoms with Crippen molar-refractivity contribution in [1.82, 2.24) is 4.98 Å². The average Bonchev–Trinajstić information content (AvgIpc) is 2.93. The first-order valence-corrected chi connectivity index (χ1v) is 8.08. The lowest BCUT2D eigenvalue weighted by Gasteiger charge is -2.03. The van der Waals surface area contributed by atoms with Gasteiger partial charge in [-0.1, -0.05) is 12.1 Å². The third-order valence-electron chi connectivity index (χ3n) is 3.94. The van der Waals surface area contributed by atoms with Crippen molar-refractivity contribution in [2.75, 3.05) is 6.61 Å². The maximum atomic E-state index is 12.8. The zero-order valence-corrected chi connectivity index (χ0v) is 15.0. The van der Waals surface area contributed by atoms with E-state index in [1.807, 2.05) is 0 Å². The van der Waals surface area contributed by atoms with Gasteiger partial charge in [-0.15, -0.1) is 0 Å². The number of para-hydroxylation sites is 1. The number of nitriles is 1. The number of aromatic nitrogens is 1. The summed E-state index contributed by atoms with van der Waals surface area (Å²) in [6, 6.07) is 7.57. The molecule has 2 rings (SSSR count). The Morgan fingerprint density at radius 3 is 2.59 bits per heavy atom. The fraction of sp³-hybridized carbons (Fsp3) is 0.211. The molecular weight excluding hydrogens is 350 g/mol. The van der Waals surface area contributed by atoms with E-state index in [1.165, 1.54) is 24.3 Å². The number of carbonyl (C=O) groups excluding carboxylic acids is 2. The van der Waals surface area contributed by atoms with E-state index in [0.717, 1.165) is 0 Å². The van der Waals surface area contributed by atoms with Gasteiger partial charge in [-0.3, -0.25) is 14.9 Å². The van der Waals surface area contributed by atoms with Crippen molar-refractivity contribution in [3.8, 4) is 6.07 Å². The number of nitrogens with one attached hydrogen (secondary N) is 1. The van der Waals surface area contributed by atoms with Crippen LogP contribution in [0.2, 0.25) is 0 Å². The summed E-state index contributed by atoms with van der Waals surface area (Å²) in [7, 11) is 0. The van der Waals surface area contributed by atoms with Gasteiger partial charge in [-0.05, 0) is 38.5 Å². The molecule has 0 fully saturated rings. The zero-order valence-electron chi connectivity index (χ0n) is 15.0. The fourth-order valence-corrected chi connectivity index (χ4v) is 2.70. The molecule has 0 saturated carbocycles. The van der Waals surface area contributed by atoms with Gasteiger partial charge in [0.15, 0.2) is 0 Å². The number of Topliss-reactive ketones (excluding diaryl/α,β-unsaturated/α-hetero) is 1. The van der Waals surface area contributed by atoms with Crippen LogP contribution in [0.4, 0.5) is 5.69 Å². The fourth-order valence-electron chi connectivity index (χ4n) is 2.70. The largest absolute Gasteiger partial charge is 0.462 e. The van der Waals surface area contributed by atoms with E-state index in [2.05, 4.69) is 4.98 Å². The highest BCUT2D eigenvalue weighted by Crippen LogP contribution is 2.24. The second-order valence-corrected chi connectivity index (χ2v) is 5.66. The lowest BCUT2D eigenvalue weighted by Crippen LogP contribution is -2.08. The van der Waals surface area contributed by atoms with Crippen LogP contribution in [0.1, 0.15) is 44.6 Å². The van der Waals surface area contributed by atoms with Gasteiger partial charge in [-0.25, -0.2) is 4.79 Å². The minimum atomic E-state index is -0.660. The standard InChI is InChI=1S/C19H17N3O5/c1-4-27-19(24)16-11(2)17(21-12(16)3)18(23)14(10-20)9-13-7-5-6-8-15(13)22(25)26/h5-9,21H,4H2,1-3H3/b14-9+. The molecule has 1 aromatic carbocycles. The number of aromatic amines is 1. The molecule has 0 unspecified atom stereocenters. The molecule has 0 radical (unpaired) electrons. The maximum Gasteiger partial charge on any atom is 0.340 e. The Morgan fingerprint density at radius 2 is 2.00 bits per heavy atom. The quantitative estimate of drug-likeness (QED) is 0.208. The van der Waals surface area contributed by atoms with Crippen LogP contribution in [0.3, 0.4) is 0 Å². The molecule has 27 heavy (non-hydrogen) atoms. The summed E-state index contributed by atoms with van der Waals surface area (Å²) in [6.07, 6.45) is 1.17. The molecule has 1 N–H and O–H groups in total. The molecule has 0 spiro atoms. The van der Waals surface area contributed by atoms with Crippen molar-refractivity contribution in [2.45, 2.75) is 20.8 Å². The van der Waals surface area contributed by atoms with E-state index in [9.17, 15) is 25.0 Å². The number of hydrogen-bond acceptors (Lipinski definition) is 6. The number of H-pyrrole nitrogens is 1. The predicted molar refractivity (Wildman–Crippen MR) is 97.2 cm³/mol. The third-order valence-corrected chi connectivity index (χ3v) is 3.94. The summed E-state index contributed by atoms with van der Waals surface area (Å²) < 4.78 is 4.98. The smallest absolute Gasteiger partial charge is 0.340 e. The number of carbonyl (C=O) groups is 2. The summed E-state index contributed by atoms with van der Waals surface area (Å²) in [5.74, 6) is -1.23. The second-order valence-electron chi connectivity index (χ2n) is 5.66. The molecule has 0 aliphatic heterocycles. The van der Waals surface area contributed by atoms with Gasteiger partial charge in [-0.2, -0.15) is 5.26 Å². The molecule has 0 bridgehead atoms. The van der Waals surface area contributed by atoms with Gasteiger partial charge >= 0.3 is 5.97 Å². The predicted octanol–water partition coefficient (Wildman–Crippen LogP) is 3.51. The van der Waals surface area contributed by atoms with Crippen molar-refractivity contribution in [3.05, 3.63) is 68.0 Å². The minimum absolute atomic E-state index is 0.0712. The number of benzene rings is 1. The van der Waals surface area contributed by atoms with Crippen molar-refractivity contribution in [2.24, 2.45) is 0 Å². The van der Waals surface area contributed by atoms with E-state index in [-0.39, 0.29) is 34.7 Å². The summed E-state index contributed by atoms with van der Waals surface area (Å²) >= 11 is 0. The van der Waals surface area contributed by atoms with Crippen molar-refractivity contribution >= 4 is 23.5 Å². The molecule has 0 saturated heterocycles. The van der Waals surface area contributed by atoms with Gasteiger partial charge in [0.05, 0.1) is 28.4 Å². The average molecular weight is 367 g/mol. The summed E-state index contributed by atoms with van der Waals surface area (Å²) in [5, 5.41) is 20.5. The molecule has 8 nitrogen and oxygen atoms in total. The molecule has 2 aromatic rings. The Morgan fingerprint density at radius 1 is 1.33 bits per heavy atom. The Labute approximate surface area is 155 Å². The number of nitro benzene ring substituents is 1. The summed E-state index contributed by atoms with van der Waals surface area (Å²) in [6.45, 7) is 5.05. The van der Waals surface area contributed by atoms with Crippen LogP contribution >= 0.6 is 0 Å². The number of nitrogens with zero attached hydrogens (tertiary/aromatic N) is 2. The number of ketones is 1. The molecule has 1 aromatic heterocycles. The van der Waals surface area contributed by atoms with Crippen LogP contribution in [0.25, 0.3) is 6.08 Å². The molecule has 8 heteroatoms. The van der Waals surface area contributed by atoms with Gasteiger partial charge in [0.1, 0.15) is 11.6 Å². The first-order chi connectivity index (χ1) is 12.8. The lowest BCUT2D eigenvalue weighted by molar-refractivity contribution is -0.385. The highest BCUT2D eigenvalue weighted by Gasteiger charge is 2.25. The number of allylic oxidation sites excluding steroid dienone is 1. The van der Waals surface area contributed by atoms with Crippen LogP contribution in [-0.2, 0) is 4.74 Å². The summed E-state index contributed by atoms with van der Waals surface area (Å²) in [5.41, 5.74) is 0.745. The van der Waals surface area contributed by atoms with E-state index in [1.54, 1.807) is 32.9 Å². The Balaban J connectivity index is 2.51. The van der Waals surface area contributed by atoms with Gasteiger partial charge in [0.25, 0.3) is 5.69 Å². The molecule has 0 aliphatic carbocycles. The number of nitro groups is 1. The minimum Gasteiger partial charge on any atom is -0.462 e. The molecule has 1 heterocycles. The second kappa shape index (κ2) is 8.10. The van der Waals surface area contributed by atoms with E-state index in [4.69, 9.17) is 4.74 Å². The number of rotatable bonds is 6. The highest BCUT2D eigenvalue weighted by atomic mass is 16.6. The molecule has 0 amide bonds. The van der Waals surface area contributed by atoms with Crippen LogP contribution in [0, 0.1) is 35.3 Å². The normalized spacial score (nSPS) is 11.0. The summed E-state index contributed by atoms with van der Waals surface area (Å²) in [4.78, 5) is 38.2. The van der Waals surface area contributed by atoms with E-state index >= 15 is 0 Å². The third kappa shape index (κ3) is 3.93. The maximum absolute atomic E-state index is 12.8. The number of ether oxygens (including phenoxy) is 1. The van der Waals surface area contributed by atoms with Gasteiger partial charge in [0, 0.05) is 11.8 Å². The number of aryl methyl sites for hydroxylation is 1. The van der Waals surface area contributed by atoms with Crippen LogP contribution in [-0.4, -0.2) is 28.3 Å². The number of hydrogen-bond donors (Lipinski definition) is 1. The van der Waals surface area contributed by atoms with Gasteiger partial charge < -0.3 is 9.72 Å². The molecule has 138 valence electrons. The van der Waals surface area contributed by atoms with Crippen molar-refractivity contribution < 1.29 is 19.2 Å². The Bertz CT molecular complexity index is 995. The van der Waals surface area contributed by atoms with Crippen LogP contribution in [0.5, 0.6) is 0 Å². The first-order valence-electron chi connectivity index (χ1n) is 8.08. The molecule has 0 aliphatic rings. The Hall–Kier alpha value is -3.73. The first kappa shape index (κ1) is 19.6. The van der Waals surface area contributed by atoms with Crippen molar-refractivity contribution in [1.29, 1.82) is 5.26 Å². The Kier molecular flexibility index (Phi) is 5.88. The zero-order chi connectivity index (χ0) is 20.1. The molecular formula is C19H17N3O5. The number of esters is 1. The monoisotopic (exact) mass is 367 g/mol. The van der Waals surface area contributed by atoms with Crippen LogP contribution < -0.4 is 0 Å². The van der Waals surface area contributed by atoms with Crippen LogP contribution in [0.15, 0.2) is 29.8 Å². The van der Waals surface area contributed by atoms with Gasteiger partial charge in [0.2, 0.25) is 5.78 Å². The topological polar surface area (TPSA) is 126 Å². The SMILES string of the molecule is CCOC(=O)c1c(C)[nH]c(C(=O)/C(C#N)=C/c2ccccc2[N+](=O)[O-])c1C. The van der Waals surface area contributed by atoms with E-state index in [0.29, 0.717) is 11.3 Å².